The predicted octanol–water partition coefficient (Wildman–Crippen LogP) is 3.01. The van der Waals surface area contributed by atoms with Crippen molar-refractivity contribution in [2.24, 2.45) is 0 Å². The Labute approximate surface area is 110 Å². The molecule has 0 spiro atoms. The zero-order chi connectivity index (χ0) is 14.1. The highest BCUT2D eigenvalue weighted by atomic mass is 19.4. The van der Waals surface area contributed by atoms with E-state index in [1.807, 2.05) is 0 Å². The average molecular weight is 273 g/mol. The first-order valence-corrected chi connectivity index (χ1v) is 6.47. The normalized spacial score (nSPS) is 20.5. The van der Waals surface area contributed by atoms with Gasteiger partial charge in [0.15, 0.2) is 0 Å². The van der Waals surface area contributed by atoms with Crippen molar-refractivity contribution in [2.45, 2.75) is 31.5 Å². The number of alkyl halides is 3. The van der Waals surface area contributed by atoms with Crippen LogP contribution in [0.15, 0.2) is 24.3 Å². The van der Waals surface area contributed by atoms with Gasteiger partial charge in [0.05, 0.1) is 11.2 Å². The summed E-state index contributed by atoms with van der Waals surface area (Å²) in [6, 6.07) is 4.87. The number of halogens is 3. The molecule has 0 saturated carbocycles. The van der Waals surface area contributed by atoms with Crippen molar-refractivity contribution in [1.82, 2.24) is 4.90 Å². The van der Waals surface area contributed by atoms with Crippen LogP contribution in [0.3, 0.4) is 0 Å². The number of nitrogens with zero attached hydrogens (tertiary/aromatic N) is 1. The first-order valence-electron chi connectivity index (χ1n) is 6.47. The largest absolute Gasteiger partial charge is 0.416 e. The Morgan fingerprint density at radius 1 is 1.16 bits per heavy atom. The Bertz CT molecular complexity index is 419. The smallest absolute Gasteiger partial charge is 0.385 e. The van der Waals surface area contributed by atoms with Gasteiger partial charge in [-0.1, -0.05) is 19.1 Å². The molecule has 0 atom stereocenters. The van der Waals surface area contributed by atoms with Gasteiger partial charge in [-0.15, -0.1) is 0 Å². The Kier molecular flexibility index (Phi) is 3.87. The van der Waals surface area contributed by atoms with E-state index in [1.54, 1.807) is 0 Å². The lowest BCUT2D eigenvalue weighted by atomic mass is 9.84. The summed E-state index contributed by atoms with van der Waals surface area (Å²) >= 11 is 0. The Morgan fingerprint density at radius 2 is 1.68 bits per heavy atom. The first kappa shape index (κ1) is 14.3. The summed E-state index contributed by atoms with van der Waals surface area (Å²) in [7, 11) is 0. The van der Waals surface area contributed by atoms with Crippen LogP contribution in [0.25, 0.3) is 0 Å². The fourth-order valence-corrected chi connectivity index (χ4v) is 2.50. The van der Waals surface area contributed by atoms with E-state index in [9.17, 15) is 18.3 Å². The van der Waals surface area contributed by atoms with Gasteiger partial charge in [-0.25, -0.2) is 0 Å². The lowest BCUT2D eigenvalue weighted by Gasteiger charge is -2.38. The van der Waals surface area contributed by atoms with Gasteiger partial charge >= 0.3 is 6.18 Å². The van der Waals surface area contributed by atoms with Gasteiger partial charge in [0.1, 0.15) is 0 Å². The van der Waals surface area contributed by atoms with E-state index in [0.29, 0.717) is 18.4 Å². The molecule has 1 heterocycles. The van der Waals surface area contributed by atoms with Crippen molar-refractivity contribution in [3.8, 4) is 0 Å². The third-order valence-electron chi connectivity index (χ3n) is 3.88. The summed E-state index contributed by atoms with van der Waals surface area (Å²) in [5, 5.41) is 10.5. The van der Waals surface area contributed by atoms with Crippen molar-refractivity contribution >= 4 is 0 Å². The molecule has 5 heteroatoms. The highest BCUT2D eigenvalue weighted by molar-refractivity contribution is 5.29. The molecule has 1 fully saturated rings. The van der Waals surface area contributed by atoms with Crippen molar-refractivity contribution in [3.63, 3.8) is 0 Å². The van der Waals surface area contributed by atoms with Gasteiger partial charge in [-0.3, -0.25) is 0 Å². The molecule has 2 rings (SSSR count). The minimum Gasteiger partial charge on any atom is -0.385 e. The second-order valence-corrected chi connectivity index (χ2v) is 5.04. The van der Waals surface area contributed by atoms with Crippen LogP contribution in [0.4, 0.5) is 13.2 Å². The third kappa shape index (κ3) is 3.09. The molecule has 106 valence electrons. The molecular weight excluding hydrogens is 255 g/mol. The molecule has 2 nitrogen and oxygen atoms in total. The monoisotopic (exact) mass is 273 g/mol. The number of rotatable bonds is 2. The molecule has 0 aromatic heterocycles. The zero-order valence-electron chi connectivity index (χ0n) is 10.9. The molecule has 19 heavy (non-hydrogen) atoms. The van der Waals surface area contributed by atoms with Gasteiger partial charge in [-0.2, -0.15) is 13.2 Å². The SMILES string of the molecule is CCN1CCC(O)(c2ccc(C(F)(F)F)cc2)CC1. The van der Waals surface area contributed by atoms with Crippen molar-refractivity contribution in [1.29, 1.82) is 0 Å². The van der Waals surface area contributed by atoms with Gasteiger partial charge in [-0.05, 0) is 37.1 Å². The van der Waals surface area contributed by atoms with Crippen LogP contribution in [0, 0.1) is 0 Å². The fourth-order valence-electron chi connectivity index (χ4n) is 2.50. The second kappa shape index (κ2) is 5.13. The number of piperidine rings is 1. The average Bonchev–Trinajstić information content (AvgIpc) is 2.39. The molecule has 1 aliphatic rings. The van der Waals surface area contributed by atoms with Crippen LogP contribution in [-0.2, 0) is 11.8 Å². The molecule has 1 saturated heterocycles. The van der Waals surface area contributed by atoms with Crippen LogP contribution in [0.2, 0.25) is 0 Å². The summed E-state index contributed by atoms with van der Waals surface area (Å²) in [4.78, 5) is 2.22. The van der Waals surface area contributed by atoms with Gasteiger partial charge in [0.25, 0.3) is 0 Å². The summed E-state index contributed by atoms with van der Waals surface area (Å²) < 4.78 is 37.5. The first-order chi connectivity index (χ1) is 8.85. The maximum absolute atomic E-state index is 12.5. The van der Waals surface area contributed by atoms with Crippen molar-refractivity contribution < 1.29 is 18.3 Å². The number of aliphatic hydroxyl groups is 1. The van der Waals surface area contributed by atoms with E-state index < -0.39 is 17.3 Å². The quantitative estimate of drug-likeness (QED) is 0.895. The molecule has 0 unspecified atom stereocenters. The lowest BCUT2D eigenvalue weighted by molar-refractivity contribution is -0.137. The number of benzene rings is 1. The van der Waals surface area contributed by atoms with E-state index in [0.717, 1.165) is 31.8 Å². The minimum absolute atomic E-state index is 0.562. The summed E-state index contributed by atoms with van der Waals surface area (Å²) in [5.41, 5.74) is -1.09. The molecule has 0 amide bonds. The van der Waals surface area contributed by atoms with Crippen LogP contribution in [0.5, 0.6) is 0 Å². The maximum atomic E-state index is 12.5. The molecule has 0 bridgehead atoms. The fraction of sp³-hybridized carbons (Fsp3) is 0.571. The molecule has 0 aliphatic carbocycles. The van der Waals surface area contributed by atoms with Gasteiger partial charge in [0.2, 0.25) is 0 Å². The summed E-state index contributed by atoms with van der Waals surface area (Å²) in [6.07, 6.45) is -3.20. The van der Waals surface area contributed by atoms with Crippen molar-refractivity contribution in [3.05, 3.63) is 35.4 Å². The summed E-state index contributed by atoms with van der Waals surface area (Å²) in [6.45, 7) is 4.54. The molecule has 1 aromatic rings. The van der Waals surface area contributed by atoms with Gasteiger partial charge < -0.3 is 10.0 Å². The molecule has 1 N–H and O–H groups in total. The lowest BCUT2D eigenvalue weighted by Crippen LogP contribution is -2.42. The Morgan fingerprint density at radius 3 is 2.11 bits per heavy atom. The number of likely N-dealkylation sites (tertiary alicyclic amines) is 1. The van der Waals surface area contributed by atoms with E-state index in [-0.39, 0.29) is 0 Å². The zero-order valence-corrected chi connectivity index (χ0v) is 10.9. The molecule has 1 aliphatic heterocycles. The Balaban J connectivity index is 2.14. The summed E-state index contributed by atoms with van der Waals surface area (Å²) in [5.74, 6) is 0. The standard InChI is InChI=1S/C14H18F3NO/c1-2-18-9-7-13(19,8-10-18)11-3-5-12(6-4-11)14(15,16)17/h3-6,19H,2,7-10H2,1H3. The predicted molar refractivity (Wildman–Crippen MR) is 66.7 cm³/mol. The van der Waals surface area contributed by atoms with Crippen LogP contribution >= 0.6 is 0 Å². The van der Waals surface area contributed by atoms with Crippen LogP contribution < -0.4 is 0 Å². The van der Waals surface area contributed by atoms with E-state index in [4.69, 9.17) is 0 Å². The molecule has 1 aromatic carbocycles. The van der Waals surface area contributed by atoms with Crippen LogP contribution in [0.1, 0.15) is 30.9 Å². The topological polar surface area (TPSA) is 23.5 Å². The van der Waals surface area contributed by atoms with E-state index in [2.05, 4.69) is 11.8 Å². The molecule has 0 radical (unpaired) electrons. The number of hydrogen-bond donors (Lipinski definition) is 1. The van der Waals surface area contributed by atoms with E-state index >= 15 is 0 Å². The second-order valence-electron chi connectivity index (χ2n) is 5.04. The highest BCUT2D eigenvalue weighted by Crippen LogP contribution is 2.35. The van der Waals surface area contributed by atoms with Crippen LogP contribution in [-0.4, -0.2) is 29.6 Å². The Hall–Kier alpha value is -1.07. The van der Waals surface area contributed by atoms with Gasteiger partial charge in [0, 0.05) is 13.1 Å². The maximum Gasteiger partial charge on any atom is 0.416 e. The third-order valence-corrected chi connectivity index (χ3v) is 3.88. The van der Waals surface area contributed by atoms with Crippen molar-refractivity contribution in [2.75, 3.05) is 19.6 Å². The van der Waals surface area contributed by atoms with E-state index in [1.165, 1.54) is 12.1 Å². The number of hydrogen-bond acceptors (Lipinski definition) is 2. The minimum atomic E-state index is -4.33. The molecular formula is C14H18F3NO. The highest BCUT2D eigenvalue weighted by Gasteiger charge is 2.35.